The zero-order valence-corrected chi connectivity index (χ0v) is 36.7. The first-order valence-electron chi connectivity index (χ1n) is 22.8. The van der Waals surface area contributed by atoms with E-state index in [2.05, 4.69) is 222 Å². The number of benzene rings is 11. The van der Waals surface area contributed by atoms with Crippen LogP contribution in [0.25, 0.3) is 87.7 Å². The number of fused-ring (bicyclic) bond motifs is 8. The Hall–Kier alpha value is -9.37. The predicted octanol–water partition coefficient (Wildman–Crippen LogP) is 17.9. The predicted molar refractivity (Wildman–Crippen MR) is 281 cm³/mol. The Morgan fingerprint density at radius 2 is 0.676 bits per heavy atom. The van der Waals surface area contributed by atoms with E-state index in [4.69, 9.17) is 8.83 Å². The lowest BCUT2D eigenvalue weighted by molar-refractivity contribution is 0.656. The van der Waals surface area contributed by atoms with Crippen LogP contribution in [0.2, 0.25) is 0 Å². The van der Waals surface area contributed by atoms with E-state index in [0.29, 0.717) is 27.9 Å². The van der Waals surface area contributed by atoms with Gasteiger partial charge in [-0.25, -0.2) is 0 Å². The van der Waals surface area contributed by atoms with E-state index in [9.17, 15) is 5.26 Å². The van der Waals surface area contributed by atoms with Gasteiger partial charge in [0.1, 0.15) is 28.4 Å². The van der Waals surface area contributed by atoms with Crippen molar-refractivity contribution in [3.8, 4) is 28.3 Å². The first-order chi connectivity index (χ1) is 33.6. The summed E-state index contributed by atoms with van der Waals surface area (Å²) < 4.78 is 13.3. The largest absolute Gasteiger partial charge is 0.456 e. The van der Waals surface area contributed by atoms with Crippen molar-refractivity contribution in [1.29, 1.82) is 5.26 Å². The van der Waals surface area contributed by atoms with Crippen molar-refractivity contribution in [2.24, 2.45) is 0 Å². The fourth-order valence-electron chi connectivity index (χ4n) is 10.0. The minimum Gasteiger partial charge on any atom is -0.456 e. The zero-order chi connectivity index (χ0) is 45.1. The molecule has 0 unspecified atom stereocenters. The topological polar surface area (TPSA) is 56.6 Å². The van der Waals surface area contributed by atoms with Gasteiger partial charge in [-0.3, -0.25) is 0 Å². The summed E-state index contributed by atoms with van der Waals surface area (Å²) in [4.78, 5) is 4.58. The zero-order valence-electron chi connectivity index (χ0n) is 36.7. The first kappa shape index (κ1) is 39.0. The maximum Gasteiger partial charge on any atom is 0.140 e. The lowest BCUT2D eigenvalue weighted by atomic mass is 9.98. The number of para-hydroxylation sites is 2. The molecule has 0 radical (unpaired) electrons. The summed E-state index contributed by atoms with van der Waals surface area (Å²) in [6.45, 7) is 0. The molecule has 13 rings (SSSR count). The molecule has 0 aliphatic heterocycles. The van der Waals surface area contributed by atoms with Crippen LogP contribution in [0.1, 0.15) is 5.56 Å². The molecule has 5 nitrogen and oxygen atoms in total. The fraction of sp³-hybridized carbons (Fsp3) is 0. The quantitative estimate of drug-likeness (QED) is 0.152. The van der Waals surface area contributed by atoms with Gasteiger partial charge >= 0.3 is 0 Å². The second-order valence-corrected chi connectivity index (χ2v) is 17.2. The molecule has 0 spiro atoms. The van der Waals surface area contributed by atoms with Crippen LogP contribution in [-0.2, 0) is 0 Å². The van der Waals surface area contributed by atoms with Crippen molar-refractivity contribution in [3.63, 3.8) is 0 Å². The van der Waals surface area contributed by atoms with E-state index in [0.717, 1.165) is 88.3 Å². The van der Waals surface area contributed by atoms with Crippen LogP contribution in [0.5, 0.6) is 0 Å². The van der Waals surface area contributed by atoms with Crippen molar-refractivity contribution in [3.05, 3.63) is 242 Å². The molecule has 0 amide bonds. The summed E-state index contributed by atoms with van der Waals surface area (Å²) in [5.74, 6) is 0. The Morgan fingerprint density at radius 3 is 1.10 bits per heavy atom. The normalized spacial score (nSPS) is 11.5. The van der Waals surface area contributed by atoms with Crippen LogP contribution >= 0.6 is 0 Å². The minimum absolute atomic E-state index is 0.545. The summed E-state index contributed by atoms with van der Waals surface area (Å²) in [6.07, 6.45) is 0. The molecule has 13 aromatic rings. The van der Waals surface area contributed by atoms with Gasteiger partial charge in [0.25, 0.3) is 0 Å². The number of hydrogen-bond acceptors (Lipinski definition) is 5. The summed E-state index contributed by atoms with van der Waals surface area (Å²) in [6, 6.07) is 85.3. The van der Waals surface area contributed by atoms with Crippen molar-refractivity contribution in [2.75, 3.05) is 9.80 Å². The molecular weight excluding hydrogens is 831 g/mol. The van der Waals surface area contributed by atoms with E-state index < -0.39 is 0 Å². The number of anilines is 6. The van der Waals surface area contributed by atoms with Crippen LogP contribution in [-0.4, -0.2) is 0 Å². The van der Waals surface area contributed by atoms with E-state index in [1.807, 2.05) is 30.3 Å². The van der Waals surface area contributed by atoms with Crippen molar-refractivity contribution in [1.82, 2.24) is 0 Å². The maximum atomic E-state index is 11.0. The Morgan fingerprint density at radius 1 is 0.294 bits per heavy atom. The van der Waals surface area contributed by atoms with Gasteiger partial charge in [-0.1, -0.05) is 133 Å². The second kappa shape index (κ2) is 16.0. The summed E-state index contributed by atoms with van der Waals surface area (Å²) >= 11 is 0. The van der Waals surface area contributed by atoms with Crippen LogP contribution in [0, 0.1) is 11.3 Å². The number of furan rings is 2. The van der Waals surface area contributed by atoms with Crippen molar-refractivity contribution < 1.29 is 8.83 Å². The van der Waals surface area contributed by atoms with Gasteiger partial charge in [-0.15, -0.1) is 0 Å². The average Bonchev–Trinajstić information content (AvgIpc) is 3.94. The van der Waals surface area contributed by atoms with E-state index >= 15 is 0 Å². The van der Waals surface area contributed by atoms with Gasteiger partial charge in [-0.05, 0) is 141 Å². The highest BCUT2D eigenvalue weighted by molar-refractivity contribution is 6.22. The van der Waals surface area contributed by atoms with Crippen molar-refractivity contribution >= 4 is 99.5 Å². The number of hydrogen-bond donors (Lipinski definition) is 0. The van der Waals surface area contributed by atoms with Crippen LogP contribution in [0.3, 0.4) is 0 Å². The summed E-state index contributed by atoms with van der Waals surface area (Å²) in [5.41, 5.74) is 14.1. The molecule has 0 saturated carbocycles. The van der Waals surface area contributed by atoms with Gasteiger partial charge in [0, 0.05) is 61.7 Å². The highest BCUT2D eigenvalue weighted by atomic mass is 16.3. The molecule has 2 aromatic heterocycles. The molecule has 5 heteroatoms. The maximum absolute atomic E-state index is 11.0. The highest BCUT2D eigenvalue weighted by Gasteiger charge is 2.22. The minimum atomic E-state index is 0.545. The highest BCUT2D eigenvalue weighted by Crippen LogP contribution is 2.45. The number of rotatable bonds is 8. The Kier molecular flexibility index (Phi) is 9.16. The Labute approximate surface area is 392 Å². The molecule has 0 fully saturated rings. The number of nitriles is 1. The monoisotopic (exact) mass is 869 g/mol. The first-order valence-corrected chi connectivity index (χ1v) is 22.8. The van der Waals surface area contributed by atoms with E-state index in [1.54, 1.807) is 0 Å². The summed E-state index contributed by atoms with van der Waals surface area (Å²) in [5, 5.41) is 18.5. The molecule has 0 aliphatic rings. The lowest BCUT2D eigenvalue weighted by Crippen LogP contribution is -2.09. The molecule has 2 heterocycles. The van der Waals surface area contributed by atoms with Gasteiger partial charge in [0.15, 0.2) is 0 Å². The van der Waals surface area contributed by atoms with Crippen LogP contribution in [0.15, 0.2) is 245 Å². The number of nitrogens with zero attached hydrogens (tertiary/aromatic N) is 3. The SMILES string of the molecule is N#Cc1c2c(cc3oc4cc5cc(N(c6ccccc6)c6cccc(-c7ccccc7)c6)ccc5cc4c13)oc1cc3cc(N(c4ccccc4)c4cccc(-c5ccccc5)c4)ccc3cc12. The van der Waals surface area contributed by atoms with Crippen LogP contribution in [0.4, 0.5) is 34.1 Å². The van der Waals surface area contributed by atoms with Gasteiger partial charge < -0.3 is 18.6 Å². The third-order valence-corrected chi connectivity index (χ3v) is 13.2. The average molecular weight is 870 g/mol. The molecule has 318 valence electrons. The smallest absolute Gasteiger partial charge is 0.140 e. The molecule has 0 atom stereocenters. The van der Waals surface area contributed by atoms with Gasteiger partial charge in [0.05, 0.1) is 5.56 Å². The Bertz CT molecular complexity index is 3840. The third-order valence-electron chi connectivity index (χ3n) is 13.2. The van der Waals surface area contributed by atoms with Crippen LogP contribution < -0.4 is 9.80 Å². The third kappa shape index (κ3) is 6.63. The molecule has 0 N–H and O–H groups in total. The van der Waals surface area contributed by atoms with E-state index in [-0.39, 0.29) is 0 Å². The van der Waals surface area contributed by atoms with Gasteiger partial charge in [0.2, 0.25) is 0 Å². The Balaban J connectivity index is 0.911. The lowest BCUT2D eigenvalue weighted by Gasteiger charge is -2.26. The van der Waals surface area contributed by atoms with E-state index in [1.165, 1.54) is 11.1 Å². The molecule has 68 heavy (non-hydrogen) atoms. The summed E-state index contributed by atoms with van der Waals surface area (Å²) in [7, 11) is 0. The van der Waals surface area contributed by atoms with Crippen molar-refractivity contribution in [2.45, 2.75) is 0 Å². The molecular formula is C63H39N3O2. The van der Waals surface area contributed by atoms with Gasteiger partial charge in [-0.2, -0.15) is 5.26 Å². The molecule has 0 saturated heterocycles. The second-order valence-electron chi connectivity index (χ2n) is 17.2. The molecule has 0 bridgehead atoms. The fourth-order valence-corrected chi connectivity index (χ4v) is 10.0. The molecule has 0 aliphatic carbocycles. The molecule has 11 aromatic carbocycles. The standard InChI is InChI=1S/C63H39N3O2/c64-40-57-62-55-35-45-27-29-53(65(49-21-9-3-10-22-49)51-25-13-19-43(31-51)41-15-5-1-6-16-41)33-47(45)37-58(55)67-60(62)39-61-63(57)56-36-46-28-30-54(34-48(46)38-59(56)68-61)66(50-23-11-4-12-24-50)52-26-14-20-44(32-52)42-17-7-2-8-18-42/h1-39H.